The number of amides is 1. The van der Waals surface area contributed by atoms with E-state index >= 15 is 0 Å². The maximum absolute atomic E-state index is 12.5. The number of hydrogen-bond acceptors (Lipinski definition) is 6. The van der Waals surface area contributed by atoms with Gasteiger partial charge in [0.15, 0.2) is 0 Å². The zero-order valence-corrected chi connectivity index (χ0v) is 19.1. The van der Waals surface area contributed by atoms with Crippen LogP contribution in [0.4, 0.5) is 17.4 Å². The van der Waals surface area contributed by atoms with Gasteiger partial charge in [0.2, 0.25) is 0 Å². The molecule has 0 atom stereocenters. The highest BCUT2D eigenvalue weighted by atomic mass is 35.5. The number of rotatable bonds is 7. The third kappa shape index (κ3) is 6.03. The minimum Gasteiger partial charge on any atom is -0.481 e. The van der Waals surface area contributed by atoms with E-state index in [0.717, 1.165) is 25.7 Å². The molecule has 10 heteroatoms. The Morgan fingerprint density at radius 2 is 1.76 bits per heavy atom. The van der Waals surface area contributed by atoms with Crippen molar-refractivity contribution in [2.45, 2.75) is 38.0 Å². The van der Waals surface area contributed by atoms with Crippen LogP contribution in [0.15, 0.2) is 46.9 Å². The Kier molecular flexibility index (Phi) is 7.15. The van der Waals surface area contributed by atoms with Crippen molar-refractivity contribution in [1.29, 1.82) is 0 Å². The molecule has 2 aromatic carbocycles. The summed E-state index contributed by atoms with van der Waals surface area (Å²) in [5.41, 5.74) is 2.27. The Hall–Kier alpha value is -3.10. The summed E-state index contributed by atoms with van der Waals surface area (Å²) in [6.07, 6.45) is 4.03. The minimum absolute atomic E-state index is 0.0122. The average molecular weight is 489 g/mol. The van der Waals surface area contributed by atoms with E-state index in [2.05, 4.69) is 20.8 Å². The minimum atomic E-state index is -0.726. The maximum Gasteiger partial charge on any atom is 0.320 e. The van der Waals surface area contributed by atoms with Crippen LogP contribution in [0, 0.1) is 5.92 Å². The molecule has 8 nitrogen and oxygen atoms in total. The number of benzene rings is 2. The number of anilines is 3. The number of carboxylic acid groups (broad SMARTS) is 1. The van der Waals surface area contributed by atoms with Gasteiger partial charge < -0.3 is 20.2 Å². The van der Waals surface area contributed by atoms with Crippen molar-refractivity contribution in [2.75, 3.05) is 10.6 Å². The topological polar surface area (TPSA) is 117 Å². The van der Waals surface area contributed by atoms with Gasteiger partial charge in [-0.25, -0.2) is 0 Å². The maximum atomic E-state index is 12.5. The molecule has 33 heavy (non-hydrogen) atoms. The van der Waals surface area contributed by atoms with Crippen LogP contribution in [0.2, 0.25) is 10.0 Å². The number of halogens is 2. The lowest BCUT2D eigenvalue weighted by Crippen LogP contribution is -2.16. The molecule has 0 radical (unpaired) electrons. The Labute approximate surface area is 200 Å². The van der Waals surface area contributed by atoms with E-state index in [1.807, 2.05) is 24.3 Å². The van der Waals surface area contributed by atoms with E-state index in [1.165, 1.54) is 5.56 Å². The summed E-state index contributed by atoms with van der Waals surface area (Å²) in [6, 6.07) is 12.5. The molecule has 0 bridgehead atoms. The van der Waals surface area contributed by atoms with Crippen LogP contribution in [0.3, 0.4) is 0 Å². The van der Waals surface area contributed by atoms with Crippen molar-refractivity contribution < 1.29 is 19.1 Å². The first kappa shape index (κ1) is 23.1. The summed E-state index contributed by atoms with van der Waals surface area (Å²) in [5.74, 6) is -0.786. The van der Waals surface area contributed by atoms with Crippen molar-refractivity contribution in [1.82, 2.24) is 10.2 Å². The van der Waals surface area contributed by atoms with Crippen molar-refractivity contribution in [3.63, 3.8) is 0 Å². The first-order valence-electron chi connectivity index (χ1n) is 10.6. The molecule has 1 aliphatic carbocycles. The van der Waals surface area contributed by atoms with Gasteiger partial charge in [0.1, 0.15) is 0 Å². The molecule has 0 aliphatic heterocycles. The number of nitrogens with one attached hydrogen (secondary N) is 2. The fourth-order valence-electron chi connectivity index (χ4n) is 4.04. The number of aliphatic carboxylic acids is 1. The highest BCUT2D eigenvalue weighted by Crippen LogP contribution is 2.37. The van der Waals surface area contributed by atoms with Gasteiger partial charge >= 0.3 is 23.8 Å². The summed E-state index contributed by atoms with van der Waals surface area (Å²) < 4.78 is 5.38. The molecule has 1 aromatic heterocycles. The van der Waals surface area contributed by atoms with E-state index < -0.39 is 11.9 Å². The van der Waals surface area contributed by atoms with Gasteiger partial charge in [0, 0.05) is 17.1 Å². The van der Waals surface area contributed by atoms with Crippen LogP contribution in [0.25, 0.3) is 0 Å². The number of carbonyl (C=O) groups excluding carboxylic acids is 1. The van der Waals surface area contributed by atoms with E-state index in [9.17, 15) is 9.59 Å². The van der Waals surface area contributed by atoms with Gasteiger partial charge in [-0.15, -0.1) is 5.10 Å². The normalized spacial score (nSPS) is 18.0. The molecule has 0 saturated heterocycles. The number of nitrogens with zero attached hydrogens (tertiary/aromatic N) is 2. The third-order valence-corrected chi connectivity index (χ3v) is 6.30. The third-order valence-electron chi connectivity index (χ3n) is 5.74. The van der Waals surface area contributed by atoms with Gasteiger partial charge in [0.05, 0.1) is 10.7 Å². The van der Waals surface area contributed by atoms with Crippen LogP contribution in [0.1, 0.15) is 54.3 Å². The lowest BCUT2D eigenvalue weighted by molar-refractivity contribution is -0.138. The SMILES string of the molecule is O=C(O)C[C@H]1CC[C@H](c2ccc(NC(=O)c3nnc(Nc4cc(Cl)ccc4Cl)o3)cc2)CC1. The molecule has 1 fully saturated rings. The fraction of sp³-hybridized carbons (Fsp3) is 0.304. The molecule has 0 spiro atoms. The summed E-state index contributed by atoms with van der Waals surface area (Å²) in [4.78, 5) is 23.4. The molecular formula is C23H22Cl2N4O4. The summed E-state index contributed by atoms with van der Waals surface area (Å²) in [5, 5.41) is 23.0. The quantitative estimate of drug-likeness (QED) is 0.366. The van der Waals surface area contributed by atoms with Crippen molar-refractivity contribution >= 4 is 52.5 Å². The van der Waals surface area contributed by atoms with Crippen LogP contribution in [0.5, 0.6) is 0 Å². The molecule has 1 saturated carbocycles. The Morgan fingerprint density at radius 1 is 1.03 bits per heavy atom. The number of hydrogen-bond donors (Lipinski definition) is 3. The van der Waals surface area contributed by atoms with Gasteiger partial charge in [-0.3, -0.25) is 9.59 Å². The van der Waals surface area contributed by atoms with E-state index in [-0.39, 0.29) is 24.2 Å². The highest BCUT2D eigenvalue weighted by molar-refractivity contribution is 6.35. The lowest BCUT2D eigenvalue weighted by Gasteiger charge is -2.28. The van der Waals surface area contributed by atoms with Crippen LogP contribution < -0.4 is 10.6 Å². The summed E-state index contributed by atoms with van der Waals surface area (Å²) >= 11 is 12.1. The van der Waals surface area contributed by atoms with Gasteiger partial charge in [0.25, 0.3) is 0 Å². The number of carboxylic acids is 1. The zero-order valence-electron chi connectivity index (χ0n) is 17.6. The van der Waals surface area contributed by atoms with Gasteiger partial charge in [-0.05, 0) is 73.4 Å². The molecule has 1 amide bonds. The average Bonchev–Trinajstić information content (AvgIpc) is 3.26. The Balaban J connectivity index is 1.33. The predicted molar refractivity (Wildman–Crippen MR) is 125 cm³/mol. The van der Waals surface area contributed by atoms with Crippen LogP contribution in [-0.4, -0.2) is 27.2 Å². The first-order chi connectivity index (χ1) is 15.9. The van der Waals surface area contributed by atoms with Crippen molar-refractivity contribution in [3.05, 3.63) is 64.0 Å². The second-order valence-corrected chi connectivity index (χ2v) is 8.90. The summed E-state index contributed by atoms with van der Waals surface area (Å²) in [7, 11) is 0. The fourth-order valence-corrected chi connectivity index (χ4v) is 4.38. The Morgan fingerprint density at radius 3 is 2.45 bits per heavy atom. The first-order valence-corrected chi connectivity index (χ1v) is 11.3. The molecule has 172 valence electrons. The summed E-state index contributed by atoms with van der Waals surface area (Å²) in [6.45, 7) is 0. The molecule has 1 heterocycles. The monoisotopic (exact) mass is 488 g/mol. The van der Waals surface area contributed by atoms with Crippen molar-refractivity contribution in [3.8, 4) is 0 Å². The zero-order chi connectivity index (χ0) is 23.4. The van der Waals surface area contributed by atoms with Gasteiger partial charge in [-0.1, -0.05) is 40.4 Å². The van der Waals surface area contributed by atoms with Crippen LogP contribution in [-0.2, 0) is 4.79 Å². The lowest BCUT2D eigenvalue weighted by atomic mass is 9.77. The Bertz CT molecular complexity index is 1140. The largest absolute Gasteiger partial charge is 0.481 e. The standard InChI is InChI=1S/C23H22Cl2N4O4/c24-16-7-10-18(25)19(12-16)27-23-29-28-22(33-23)21(32)26-17-8-5-15(6-9-17)14-3-1-13(2-4-14)11-20(30)31/h5-10,12-14H,1-4,11H2,(H,26,32)(H,27,29)(H,30,31)/t13-,14-. The van der Waals surface area contributed by atoms with Crippen molar-refractivity contribution in [2.24, 2.45) is 5.92 Å². The number of carbonyl (C=O) groups is 2. The van der Waals surface area contributed by atoms with Crippen LogP contribution >= 0.6 is 23.2 Å². The molecule has 4 rings (SSSR count). The smallest absolute Gasteiger partial charge is 0.320 e. The predicted octanol–water partition coefficient (Wildman–Crippen LogP) is 6.12. The highest BCUT2D eigenvalue weighted by Gasteiger charge is 2.24. The van der Waals surface area contributed by atoms with E-state index in [0.29, 0.717) is 27.3 Å². The molecular weight excluding hydrogens is 467 g/mol. The van der Waals surface area contributed by atoms with E-state index in [1.54, 1.807) is 18.2 Å². The van der Waals surface area contributed by atoms with Gasteiger partial charge in [-0.2, -0.15) is 0 Å². The molecule has 3 aromatic rings. The molecule has 3 N–H and O–H groups in total. The number of aromatic nitrogens is 2. The molecule has 0 unspecified atom stereocenters. The van der Waals surface area contributed by atoms with E-state index in [4.69, 9.17) is 32.7 Å². The molecule has 1 aliphatic rings. The second-order valence-electron chi connectivity index (χ2n) is 8.05. The second kappa shape index (κ2) is 10.2.